The molecular formula is C34H42ClN3O2. The zero-order valence-corrected chi connectivity index (χ0v) is 25.0. The summed E-state index contributed by atoms with van der Waals surface area (Å²) in [5.41, 5.74) is 4.75. The number of aromatic nitrogens is 1. The molecule has 1 saturated carbocycles. The number of carbonyl (C=O) groups excluding carboxylic acids is 1. The summed E-state index contributed by atoms with van der Waals surface area (Å²) in [5, 5.41) is 7.18. The molecule has 2 heterocycles. The van der Waals surface area contributed by atoms with Crippen LogP contribution in [0, 0.1) is 0 Å². The first-order valence-corrected chi connectivity index (χ1v) is 15.0. The van der Waals surface area contributed by atoms with Crippen molar-refractivity contribution in [3.8, 4) is 5.75 Å². The summed E-state index contributed by atoms with van der Waals surface area (Å²) in [6.45, 7) is 9.83. The minimum atomic E-state index is -0.0343. The monoisotopic (exact) mass is 559 g/mol. The number of allylic oxidation sites excluding steroid dienone is 1. The van der Waals surface area contributed by atoms with Gasteiger partial charge < -0.3 is 19.9 Å². The molecule has 1 unspecified atom stereocenters. The SMILES string of the molecule is C=CC.CC.COc1ccc2[nH]c(C(=O)N3CC(CCl)c4c3cc(NC3CCCCC3)c3ccccc43)cc2c1. The molecule has 6 heteroatoms. The third kappa shape index (κ3) is 6.00. The molecule has 0 radical (unpaired) electrons. The molecule has 1 fully saturated rings. The zero-order valence-electron chi connectivity index (χ0n) is 24.2. The van der Waals surface area contributed by atoms with Gasteiger partial charge in [-0.25, -0.2) is 0 Å². The largest absolute Gasteiger partial charge is 0.497 e. The van der Waals surface area contributed by atoms with Gasteiger partial charge in [-0.05, 0) is 61.0 Å². The topological polar surface area (TPSA) is 57.4 Å². The second-order valence-electron chi connectivity index (χ2n) is 10.2. The van der Waals surface area contributed by atoms with Gasteiger partial charge in [0.2, 0.25) is 0 Å². The Morgan fingerprint density at radius 1 is 1.10 bits per heavy atom. The van der Waals surface area contributed by atoms with E-state index in [1.54, 1.807) is 13.2 Å². The summed E-state index contributed by atoms with van der Waals surface area (Å²) in [7, 11) is 1.65. The summed E-state index contributed by atoms with van der Waals surface area (Å²) in [5.74, 6) is 1.30. The normalized spacial score (nSPS) is 16.4. The maximum Gasteiger partial charge on any atom is 0.274 e. The number of alkyl halides is 1. The van der Waals surface area contributed by atoms with Gasteiger partial charge in [-0.15, -0.1) is 18.2 Å². The highest BCUT2D eigenvalue weighted by Crippen LogP contribution is 2.45. The first-order valence-electron chi connectivity index (χ1n) is 14.5. The average Bonchev–Trinajstić information content (AvgIpc) is 3.60. The highest BCUT2D eigenvalue weighted by atomic mass is 35.5. The molecule has 4 aromatic rings. The van der Waals surface area contributed by atoms with Gasteiger partial charge in [0.05, 0.1) is 12.8 Å². The first kappa shape index (κ1) is 29.5. The summed E-state index contributed by atoms with van der Waals surface area (Å²) in [6, 6.07) is 18.9. The fourth-order valence-electron chi connectivity index (χ4n) is 5.85. The van der Waals surface area contributed by atoms with Crippen molar-refractivity contribution in [3.05, 3.63) is 78.5 Å². The molecule has 1 aliphatic carbocycles. The smallest absolute Gasteiger partial charge is 0.274 e. The second-order valence-corrected chi connectivity index (χ2v) is 10.5. The van der Waals surface area contributed by atoms with Crippen LogP contribution in [0.15, 0.2) is 67.3 Å². The Hall–Kier alpha value is -3.44. The van der Waals surface area contributed by atoms with Crippen molar-refractivity contribution in [3.63, 3.8) is 0 Å². The molecule has 2 N–H and O–H groups in total. The minimum Gasteiger partial charge on any atom is -0.497 e. The van der Waals surface area contributed by atoms with Crippen molar-refractivity contribution < 1.29 is 9.53 Å². The summed E-state index contributed by atoms with van der Waals surface area (Å²) < 4.78 is 5.35. The lowest BCUT2D eigenvalue weighted by atomic mass is 9.92. The van der Waals surface area contributed by atoms with Gasteiger partial charge in [0.25, 0.3) is 5.91 Å². The van der Waals surface area contributed by atoms with Crippen molar-refractivity contribution in [2.24, 2.45) is 0 Å². The number of fused-ring (bicyclic) bond motifs is 4. The van der Waals surface area contributed by atoms with Crippen molar-refractivity contribution >= 4 is 50.6 Å². The lowest BCUT2D eigenvalue weighted by Crippen LogP contribution is -2.30. The van der Waals surface area contributed by atoms with E-state index in [1.807, 2.05) is 49.9 Å². The van der Waals surface area contributed by atoms with E-state index in [-0.39, 0.29) is 11.8 Å². The number of methoxy groups -OCH3 is 1. The third-order valence-electron chi connectivity index (χ3n) is 7.62. The number of nitrogens with one attached hydrogen (secondary N) is 2. The van der Waals surface area contributed by atoms with Crippen LogP contribution in [0.4, 0.5) is 11.4 Å². The van der Waals surface area contributed by atoms with Gasteiger partial charge in [0, 0.05) is 46.4 Å². The molecule has 0 bridgehead atoms. The Morgan fingerprint density at radius 2 is 1.80 bits per heavy atom. The van der Waals surface area contributed by atoms with Gasteiger partial charge in [0.1, 0.15) is 11.4 Å². The highest BCUT2D eigenvalue weighted by Gasteiger charge is 2.35. The molecule has 3 aromatic carbocycles. The Balaban J connectivity index is 0.000000695. The van der Waals surface area contributed by atoms with Crippen molar-refractivity contribution in [2.75, 3.05) is 29.8 Å². The molecule has 1 amide bonds. The number of benzene rings is 3. The van der Waals surface area contributed by atoms with Crippen molar-refractivity contribution in [2.45, 2.75) is 64.8 Å². The molecule has 0 saturated heterocycles. The van der Waals surface area contributed by atoms with E-state index in [0.717, 1.165) is 28.0 Å². The Morgan fingerprint density at radius 3 is 2.48 bits per heavy atom. The number of hydrogen-bond donors (Lipinski definition) is 2. The Kier molecular flexibility index (Phi) is 10.2. The first-order chi connectivity index (χ1) is 19.6. The van der Waals surface area contributed by atoms with Gasteiger partial charge >= 0.3 is 0 Å². The predicted molar refractivity (Wildman–Crippen MR) is 172 cm³/mol. The van der Waals surface area contributed by atoms with Gasteiger partial charge in [-0.1, -0.05) is 63.5 Å². The van der Waals surface area contributed by atoms with Gasteiger partial charge in [-0.3, -0.25) is 4.79 Å². The molecule has 212 valence electrons. The van der Waals surface area contributed by atoms with E-state index >= 15 is 0 Å². The number of amides is 1. The number of halogens is 1. The van der Waals surface area contributed by atoms with E-state index in [0.29, 0.717) is 24.2 Å². The Bertz CT molecular complexity index is 1450. The minimum absolute atomic E-state index is 0.0343. The van der Waals surface area contributed by atoms with Crippen LogP contribution in [0.3, 0.4) is 0 Å². The van der Waals surface area contributed by atoms with Crippen LogP contribution in [-0.2, 0) is 0 Å². The van der Waals surface area contributed by atoms with E-state index in [2.05, 4.69) is 47.2 Å². The molecule has 1 atom stereocenters. The van der Waals surface area contributed by atoms with Gasteiger partial charge in [0.15, 0.2) is 0 Å². The summed E-state index contributed by atoms with van der Waals surface area (Å²) in [6.07, 6.45) is 7.99. The van der Waals surface area contributed by atoms with Crippen LogP contribution in [-0.4, -0.2) is 36.5 Å². The summed E-state index contributed by atoms with van der Waals surface area (Å²) >= 11 is 6.47. The lowest BCUT2D eigenvalue weighted by molar-refractivity contribution is 0.0984. The maximum atomic E-state index is 13.8. The molecule has 5 nitrogen and oxygen atoms in total. The molecule has 40 heavy (non-hydrogen) atoms. The van der Waals surface area contributed by atoms with E-state index < -0.39 is 0 Å². The number of nitrogens with zero attached hydrogens (tertiary/aromatic N) is 1. The highest BCUT2D eigenvalue weighted by molar-refractivity contribution is 6.19. The van der Waals surface area contributed by atoms with Crippen LogP contribution < -0.4 is 15.0 Å². The van der Waals surface area contributed by atoms with Crippen molar-refractivity contribution in [1.82, 2.24) is 4.98 Å². The van der Waals surface area contributed by atoms with E-state index in [1.165, 1.54) is 48.4 Å². The van der Waals surface area contributed by atoms with Gasteiger partial charge in [-0.2, -0.15) is 0 Å². The molecular weight excluding hydrogens is 518 g/mol. The second kappa shape index (κ2) is 13.8. The van der Waals surface area contributed by atoms with E-state index in [9.17, 15) is 4.79 Å². The molecule has 2 aliphatic rings. The van der Waals surface area contributed by atoms with Crippen molar-refractivity contribution in [1.29, 1.82) is 0 Å². The quantitative estimate of drug-likeness (QED) is 0.189. The summed E-state index contributed by atoms with van der Waals surface area (Å²) in [4.78, 5) is 19.0. The number of hydrogen-bond acceptors (Lipinski definition) is 3. The number of ether oxygens (including phenoxy) is 1. The number of H-pyrrole nitrogens is 1. The molecule has 0 spiro atoms. The number of aromatic amines is 1. The van der Waals surface area contributed by atoms with Crippen LogP contribution in [0.25, 0.3) is 21.7 Å². The lowest BCUT2D eigenvalue weighted by Gasteiger charge is -2.26. The maximum absolute atomic E-state index is 13.8. The standard InChI is InChI=1S/C29H30ClN3O2.C3H6.C2H6/c1-35-21-11-12-24-18(13-21)14-26(32-24)29(34)33-17-19(16-30)28-23-10-6-5-9-22(23)25(15-27(28)33)31-20-7-3-2-4-8-20;1-3-2;1-2/h5-6,9-15,19-20,31-32H,2-4,7-8,16-17H2,1H3;3H,1H2,2H3;1-2H3. The molecule has 6 rings (SSSR count). The zero-order chi connectivity index (χ0) is 28.6. The van der Waals surface area contributed by atoms with Crippen LogP contribution in [0.5, 0.6) is 5.75 Å². The number of carbonyl (C=O) groups is 1. The Labute approximate surface area is 243 Å². The molecule has 1 aromatic heterocycles. The fraction of sp³-hybridized carbons (Fsp3) is 0.382. The average molecular weight is 560 g/mol. The third-order valence-corrected chi connectivity index (χ3v) is 7.99. The fourth-order valence-corrected chi connectivity index (χ4v) is 6.10. The van der Waals surface area contributed by atoms with E-state index in [4.69, 9.17) is 16.3 Å². The predicted octanol–water partition coefficient (Wildman–Crippen LogP) is 9.28. The molecule has 1 aliphatic heterocycles. The van der Waals surface area contributed by atoms with Crippen LogP contribution in [0.1, 0.15) is 74.8 Å². The number of anilines is 2. The van der Waals surface area contributed by atoms with Crippen LogP contribution >= 0.6 is 11.6 Å². The number of rotatable bonds is 5. The van der Waals surface area contributed by atoms with Crippen LogP contribution in [0.2, 0.25) is 0 Å².